The van der Waals surface area contributed by atoms with Gasteiger partial charge in [-0.1, -0.05) is 25.4 Å². The molecule has 1 heterocycles. The molecule has 3 nitrogen and oxygen atoms in total. The molecule has 14 heavy (non-hydrogen) atoms. The zero-order valence-corrected chi connectivity index (χ0v) is 9.80. The Kier molecular flexibility index (Phi) is 4.42. The van der Waals surface area contributed by atoms with E-state index < -0.39 is 0 Å². The highest BCUT2D eigenvalue weighted by molar-refractivity contribution is 6.31. The summed E-state index contributed by atoms with van der Waals surface area (Å²) in [6.07, 6.45) is 1.87. The Hall–Kier alpha value is -0.540. The van der Waals surface area contributed by atoms with Crippen molar-refractivity contribution in [3.05, 3.63) is 16.9 Å². The van der Waals surface area contributed by atoms with Crippen molar-refractivity contribution in [3.63, 3.8) is 0 Å². The second-order valence-electron chi connectivity index (χ2n) is 3.92. The summed E-state index contributed by atoms with van der Waals surface area (Å²) in [6, 6.07) is 0. The first-order valence-corrected chi connectivity index (χ1v) is 5.37. The number of aryl methyl sites for hydroxylation is 1. The molecule has 0 atom stereocenters. The minimum absolute atomic E-state index is 0.693. The average molecular weight is 216 g/mol. The van der Waals surface area contributed by atoms with Gasteiger partial charge in [-0.25, -0.2) is 0 Å². The topological polar surface area (TPSA) is 29.9 Å². The second-order valence-corrected chi connectivity index (χ2v) is 4.33. The molecule has 0 aliphatic carbocycles. The van der Waals surface area contributed by atoms with Crippen LogP contribution in [0.4, 0.5) is 0 Å². The van der Waals surface area contributed by atoms with Gasteiger partial charge in [-0.2, -0.15) is 5.10 Å². The maximum atomic E-state index is 5.89. The summed E-state index contributed by atoms with van der Waals surface area (Å²) in [5.41, 5.74) is 0.899. The fourth-order valence-electron chi connectivity index (χ4n) is 1.19. The van der Waals surface area contributed by atoms with E-state index in [0.29, 0.717) is 5.92 Å². The van der Waals surface area contributed by atoms with Crippen molar-refractivity contribution in [1.82, 2.24) is 15.1 Å². The highest BCUT2D eigenvalue weighted by atomic mass is 35.5. The van der Waals surface area contributed by atoms with Crippen molar-refractivity contribution in [1.29, 1.82) is 0 Å². The van der Waals surface area contributed by atoms with E-state index in [1.54, 1.807) is 0 Å². The Balaban J connectivity index is 2.25. The van der Waals surface area contributed by atoms with Gasteiger partial charge in [0, 0.05) is 12.7 Å². The molecule has 80 valence electrons. The zero-order chi connectivity index (χ0) is 10.6. The molecule has 0 radical (unpaired) electrons. The molecule has 1 aromatic heterocycles. The van der Waals surface area contributed by atoms with Crippen LogP contribution in [0, 0.1) is 12.8 Å². The molecule has 0 aliphatic heterocycles. The van der Waals surface area contributed by atoms with Gasteiger partial charge in [0.05, 0.1) is 17.3 Å². The van der Waals surface area contributed by atoms with E-state index >= 15 is 0 Å². The Morgan fingerprint density at radius 2 is 2.29 bits per heavy atom. The number of hydrogen-bond donors (Lipinski definition) is 1. The standard InChI is InChI=1S/C10H18ClN3/c1-8(2)6-12-4-5-14-7-10(11)9(3)13-14/h7-8,12H,4-6H2,1-3H3. The predicted molar refractivity (Wildman–Crippen MR) is 59.7 cm³/mol. The van der Waals surface area contributed by atoms with Crippen LogP contribution < -0.4 is 5.32 Å². The number of aromatic nitrogens is 2. The van der Waals surface area contributed by atoms with Gasteiger partial charge in [-0.15, -0.1) is 0 Å². The monoisotopic (exact) mass is 215 g/mol. The Morgan fingerprint density at radius 3 is 2.79 bits per heavy atom. The lowest BCUT2D eigenvalue weighted by atomic mass is 10.2. The highest BCUT2D eigenvalue weighted by Crippen LogP contribution is 2.11. The minimum atomic E-state index is 0.693. The van der Waals surface area contributed by atoms with Crippen LogP contribution in [0.1, 0.15) is 19.5 Å². The number of nitrogens with zero attached hydrogens (tertiary/aromatic N) is 2. The lowest BCUT2D eigenvalue weighted by molar-refractivity contribution is 0.505. The average Bonchev–Trinajstić information content (AvgIpc) is 2.40. The van der Waals surface area contributed by atoms with Gasteiger partial charge >= 0.3 is 0 Å². The van der Waals surface area contributed by atoms with Gasteiger partial charge < -0.3 is 5.32 Å². The van der Waals surface area contributed by atoms with Crippen molar-refractivity contribution in [2.24, 2.45) is 5.92 Å². The molecule has 0 saturated heterocycles. The van der Waals surface area contributed by atoms with E-state index in [2.05, 4.69) is 24.3 Å². The Labute approximate surface area is 90.4 Å². The molecule has 1 rings (SSSR count). The quantitative estimate of drug-likeness (QED) is 0.763. The van der Waals surface area contributed by atoms with Crippen molar-refractivity contribution in [2.45, 2.75) is 27.3 Å². The zero-order valence-electron chi connectivity index (χ0n) is 9.05. The lowest BCUT2D eigenvalue weighted by Crippen LogP contribution is -2.24. The maximum Gasteiger partial charge on any atom is 0.0814 e. The molecule has 1 N–H and O–H groups in total. The van der Waals surface area contributed by atoms with Crippen LogP contribution in [0.25, 0.3) is 0 Å². The smallest absolute Gasteiger partial charge is 0.0814 e. The number of hydrogen-bond acceptors (Lipinski definition) is 2. The number of rotatable bonds is 5. The van der Waals surface area contributed by atoms with Gasteiger partial charge in [0.15, 0.2) is 0 Å². The summed E-state index contributed by atoms with van der Waals surface area (Å²) in [7, 11) is 0. The predicted octanol–water partition coefficient (Wildman–Crippen LogP) is 2.09. The second kappa shape index (κ2) is 5.37. The summed E-state index contributed by atoms with van der Waals surface area (Å²) >= 11 is 5.89. The molecule has 0 amide bonds. The fraction of sp³-hybridized carbons (Fsp3) is 0.700. The van der Waals surface area contributed by atoms with Crippen LogP contribution in [0.3, 0.4) is 0 Å². The third-order valence-electron chi connectivity index (χ3n) is 1.96. The van der Waals surface area contributed by atoms with Crippen LogP contribution in [-0.2, 0) is 6.54 Å². The third-order valence-corrected chi connectivity index (χ3v) is 2.33. The van der Waals surface area contributed by atoms with Crippen LogP contribution in [0.15, 0.2) is 6.20 Å². The molecule has 0 unspecified atom stereocenters. The van der Waals surface area contributed by atoms with E-state index in [9.17, 15) is 0 Å². The summed E-state index contributed by atoms with van der Waals surface area (Å²) in [5.74, 6) is 0.693. The molecule has 4 heteroatoms. The molecule has 0 aliphatic rings. The van der Waals surface area contributed by atoms with Crippen molar-refractivity contribution in [3.8, 4) is 0 Å². The molecule has 0 spiro atoms. The Bertz CT molecular complexity index is 261. The fourth-order valence-corrected chi connectivity index (χ4v) is 1.34. The van der Waals surface area contributed by atoms with Crippen molar-refractivity contribution in [2.75, 3.05) is 13.1 Å². The molecular weight excluding hydrogens is 198 g/mol. The highest BCUT2D eigenvalue weighted by Gasteiger charge is 2.00. The first kappa shape index (κ1) is 11.5. The molecular formula is C10H18ClN3. The van der Waals surface area contributed by atoms with E-state index in [1.807, 2.05) is 17.8 Å². The first-order valence-electron chi connectivity index (χ1n) is 5.00. The minimum Gasteiger partial charge on any atom is -0.315 e. The number of halogens is 1. The largest absolute Gasteiger partial charge is 0.315 e. The Morgan fingerprint density at radius 1 is 1.57 bits per heavy atom. The van der Waals surface area contributed by atoms with Gasteiger partial charge in [-0.3, -0.25) is 4.68 Å². The SMILES string of the molecule is Cc1nn(CCNCC(C)C)cc1Cl. The van der Waals surface area contributed by atoms with Crippen LogP contribution in [-0.4, -0.2) is 22.9 Å². The van der Waals surface area contributed by atoms with Crippen molar-refractivity contribution >= 4 is 11.6 Å². The van der Waals surface area contributed by atoms with Gasteiger partial charge in [-0.05, 0) is 19.4 Å². The van der Waals surface area contributed by atoms with Crippen molar-refractivity contribution < 1.29 is 0 Å². The first-order chi connectivity index (χ1) is 6.59. The van der Waals surface area contributed by atoms with E-state index in [1.165, 1.54) is 0 Å². The summed E-state index contributed by atoms with van der Waals surface area (Å²) in [5, 5.41) is 8.37. The molecule has 0 aromatic carbocycles. The van der Waals surface area contributed by atoms with E-state index in [-0.39, 0.29) is 0 Å². The molecule has 0 bridgehead atoms. The van der Waals surface area contributed by atoms with Gasteiger partial charge in [0.25, 0.3) is 0 Å². The summed E-state index contributed by atoms with van der Waals surface area (Å²) in [6.45, 7) is 9.17. The molecule has 1 aromatic rings. The van der Waals surface area contributed by atoms with Gasteiger partial charge in [0.2, 0.25) is 0 Å². The molecule has 0 saturated carbocycles. The van der Waals surface area contributed by atoms with E-state index in [0.717, 1.165) is 30.4 Å². The molecule has 0 fully saturated rings. The van der Waals surface area contributed by atoms with Crippen LogP contribution in [0.5, 0.6) is 0 Å². The van der Waals surface area contributed by atoms with Gasteiger partial charge in [0.1, 0.15) is 0 Å². The van der Waals surface area contributed by atoms with Crippen LogP contribution in [0.2, 0.25) is 5.02 Å². The normalized spacial score (nSPS) is 11.2. The number of nitrogens with one attached hydrogen (secondary N) is 1. The summed E-state index contributed by atoms with van der Waals surface area (Å²) < 4.78 is 1.88. The summed E-state index contributed by atoms with van der Waals surface area (Å²) in [4.78, 5) is 0. The third kappa shape index (κ3) is 3.68. The maximum absolute atomic E-state index is 5.89. The van der Waals surface area contributed by atoms with E-state index in [4.69, 9.17) is 11.6 Å². The van der Waals surface area contributed by atoms with Crippen LogP contribution >= 0.6 is 11.6 Å². The lowest BCUT2D eigenvalue weighted by Gasteiger charge is -2.06.